The number of alkyl halides is 3. The lowest BCUT2D eigenvalue weighted by Gasteiger charge is -2.32. The molecule has 0 aliphatic carbocycles. The van der Waals surface area contributed by atoms with E-state index in [1.54, 1.807) is 17.1 Å². The first-order valence-electron chi connectivity index (χ1n) is 11.1. The smallest absolute Gasteiger partial charge is 0.355 e. The van der Waals surface area contributed by atoms with E-state index in [0.29, 0.717) is 36.3 Å². The van der Waals surface area contributed by atoms with Gasteiger partial charge in [0.2, 0.25) is 5.91 Å². The van der Waals surface area contributed by atoms with Gasteiger partial charge in [-0.2, -0.15) is 22.8 Å². The number of carbonyl (C=O) groups excluding carboxylic acids is 1. The summed E-state index contributed by atoms with van der Waals surface area (Å²) in [5, 5.41) is 18.0. The summed E-state index contributed by atoms with van der Waals surface area (Å²) in [6.45, 7) is 2.93. The van der Waals surface area contributed by atoms with Crippen LogP contribution in [0.4, 0.5) is 19.0 Å². The third kappa shape index (κ3) is 4.66. The van der Waals surface area contributed by atoms with Crippen LogP contribution in [-0.4, -0.2) is 53.6 Å². The third-order valence-corrected chi connectivity index (χ3v) is 6.13. The molecule has 10 nitrogen and oxygen atoms in total. The zero-order chi connectivity index (χ0) is 24.6. The Morgan fingerprint density at radius 2 is 1.83 bits per heavy atom. The molecule has 35 heavy (non-hydrogen) atoms. The molecule has 182 valence electrons. The van der Waals surface area contributed by atoms with Crippen LogP contribution in [0, 0.1) is 5.92 Å². The number of piperidine rings is 1. The Bertz CT molecular complexity index is 1310. The summed E-state index contributed by atoms with van der Waals surface area (Å²) in [7, 11) is 0. The number of fused-ring (bicyclic) bond motifs is 1. The summed E-state index contributed by atoms with van der Waals surface area (Å²) >= 11 is 0. The minimum atomic E-state index is -4.65. The average Bonchev–Trinajstić information content (AvgIpc) is 3.54. The highest BCUT2D eigenvalue weighted by Crippen LogP contribution is 2.29. The van der Waals surface area contributed by atoms with Crippen LogP contribution in [0.2, 0.25) is 0 Å². The number of carbonyl (C=O) groups is 1. The molecule has 1 aliphatic rings. The zero-order valence-electron chi connectivity index (χ0n) is 18.7. The Hall–Kier alpha value is -4.03. The van der Waals surface area contributed by atoms with Crippen molar-refractivity contribution in [1.82, 2.24) is 39.9 Å². The number of benzene rings is 1. The second kappa shape index (κ2) is 8.96. The van der Waals surface area contributed by atoms with Gasteiger partial charge in [-0.15, -0.1) is 15.3 Å². The van der Waals surface area contributed by atoms with Crippen LogP contribution >= 0.6 is 0 Å². The molecule has 0 bridgehead atoms. The first-order chi connectivity index (χ1) is 16.8. The molecule has 0 saturated carbocycles. The van der Waals surface area contributed by atoms with Crippen molar-refractivity contribution in [3.05, 3.63) is 60.4 Å². The van der Waals surface area contributed by atoms with Gasteiger partial charge in [-0.25, -0.2) is 9.67 Å². The first kappa shape index (κ1) is 22.7. The van der Waals surface area contributed by atoms with Gasteiger partial charge < -0.3 is 10.2 Å². The lowest BCUT2D eigenvalue weighted by Crippen LogP contribution is -2.41. The standard InChI is InChI=1S/C22H22F3N9O/c1-14(15-2-4-17(5-3-15)33-13-26-12-27-33)28-20(35)16-8-10-32(11-9-16)19-7-6-18-29-30-21(22(23,24)25)34(18)31-19/h2-7,12-14,16H,8-11H2,1H3,(H,28,35)/t14-/m1/s1. The van der Waals surface area contributed by atoms with Crippen molar-refractivity contribution in [1.29, 1.82) is 0 Å². The summed E-state index contributed by atoms with van der Waals surface area (Å²) in [5.41, 5.74) is 1.86. The van der Waals surface area contributed by atoms with E-state index in [-0.39, 0.29) is 23.5 Å². The summed E-state index contributed by atoms with van der Waals surface area (Å²) in [4.78, 5) is 18.7. The van der Waals surface area contributed by atoms with Gasteiger partial charge in [-0.05, 0) is 49.6 Å². The fraction of sp³-hybridized carbons (Fsp3) is 0.364. The zero-order valence-corrected chi connectivity index (χ0v) is 18.7. The predicted molar refractivity (Wildman–Crippen MR) is 119 cm³/mol. The summed E-state index contributed by atoms with van der Waals surface area (Å²) in [5.74, 6) is -0.999. The molecule has 3 aromatic heterocycles. The van der Waals surface area contributed by atoms with Crippen LogP contribution in [0.15, 0.2) is 49.1 Å². The van der Waals surface area contributed by atoms with Crippen molar-refractivity contribution in [3.63, 3.8) is 0 Å². The maximum atomic E-state index is 13.1. The molecule has 4 heterocycles. The van der Waals surface area contributed by atoms with E-state index in [9.17, 15) is 18.0 Å². The molecule has 0 spiro atoms. The van der Waals surface area contributed by atoms with E-state index in [1.165, 1.54) is 12.4 Å². The Morgan fingerprint density at radius 3 is 2.49 bits per heavy atom. The van der Waals surface area contributed by atoms with Crippen molar-refractivity contribution in [3.8, 4) is 5.69 Å². The monoisotopic (exact) mass is 485 g/mol. The van der Waals surface area contributed by atoms with Crippen LogP contribution in [0.1, 0.15) is 37.2 Å². The highest BCUT2D eigenvalue weighted by molar-refractivity contribution is 5.79. The number of halogens is 3. The Kier molecular flexibility index (Phi) is 5.83. The molecule has 13 heteroatoms. The Balaban J connectivity index is 1.19. The number of nitrogens with one attached hydrogen (secondary N) is 1. The van der Waals surface area contributed by atoms with E-state index in [2.05, 4.69) is 30.7 Å². The van der Waals surface area contributed by atoms with E-state index in [4.69, 9.17) is 0 Å². The molecule has 5 rings (SSSR count). The number of hydrogen-bond donors (Lipinski definition) is 1. The van der Waals surface area contributed by atoms with E-state index < -0.39 is 12.0 Å². The van der Waals surface area contributed by atoms with Crippen LogP contribution in [0.3, 0.4) is 0 Å². The topological polar surface area (TPSA) is 106 Å². The summed E-state index contributed by atoms with van der Waals surface area (Å²) in [6.07, 6.45) is -0.439. The van der Waals surface area contributed by atoms with Gasteiger partial charge in [0.15, 0.2) is 5.65 Å². The maximum absolute atomic E-state index is 13.1. The molecule has 4 aromatic rings. The van der Waals surface area contributed by atoms with Crippen LogP contribution in [-0.2, 0) is 11.0 Å². The molecular weight excluding hydrogens is 463 g/mol. The summed E-state index contributed by atoms with van der Waals surface area (Å²) in [6, 6.07) is 10.6. The lowest BCUT2D eigenvalue weighted by molar-refractivity contribution is -0.146. The number of hydrogen-bond acceptors (Lipinski definition) is 7. The highest BCUT2D eigenvalue weighted by Gasteiger charge is 2.38. The molecule has 1 atom stereocenters. The van der Waals surface area contributed by atoms with Crippen molar-refractivity contribution in [2.45, 2.75) is 32.0 Å². The van der Waals surface area contributed by atoms with E-state index in [1.807, 2.05) is 36.1 Å². The van der Waals surface area contributed by atoms with E-state index in [0.717, 1.165) is 11.3 Å². The number of amides is 1. The third-order valence-electron chi connectivity index (χ3n) is 6.13. The van der Waals surface area contributed by atoms with Crippen molar-refractivity contribution in [2.24, 2.45) is 5.92 Å². The quantitative estimate of drug-likeness (QED) is 0.463. The van der Waals surface area contributed by atoms with Gasteiger partial charge in [0.25, 0.3) is 5.82 Å². The maximum Gasteiger partial charge on any atom is 0.453 e. The number of nitrogens with zero attached hydrogens (tertiary/aromatic N) is 8. The highest BCUT2D eigenvalue weighted by atomic mass is 19.4. The van der Waals surface area contributed by atoms with Gasteiger partial charge in [0, 0.05) is 19.0 Å². The van der Waals surface area contributed by atoms with Gasteiger partial charge in [0.05, 0.1) is 11.7 Å². The normalized spacial score (nSPS) is 15.9. The lowest BCUT2D eigenvalue weighted by atomic mass is 9.95. The number of anilines is 1. The Labute approximate surface area is 197 Å². The van der Waals surface area contributed by atoms with Crippen LogP contribution in [0.5, 0.6) is 0 Å². The molecule has 1 fully saturated rings. The van der Waals surface area contributed by atoms with Gasteiger partial charge in [-0.3, -0.25) is 4.79 Å². The van der Waals surface area contributed by atoms with Crippen molar-refractivity contribution in [2.75, 3.05) is 18.0 Å². The molecule has 1 aliphatic heterocycles. The predicted octanol–water partition coefficient (Wildman–Crippen LogP) is 2.82. The molecule has 1 saturated heterocycles. The second-order valence-electron chi connectivity index (χ2n) is 8.41. The Morgan fingerprint density at radius 1 is 1.09 bits per heavy atom. The van der Waals surface area contributed by atoms with Crippen LogP contribution in [0.25, 0.3) is 11.3 Å². The molecule has 1 amide bonds. The number of aromatic nitrogens is 7. The molecular formula is C22H22F3N9O. The molecule has 1 aromatic carbocycles. The van der Waals surface area contributed by atoms with Gasteiger partial charge in [0.1, 0.15) is 18.5 Å². The van der Waals surface area contributed by atoms with Crippen LogP contribution < -0.4 is 10.2 Å². The minimum absolute atomic E-state index is 0.0265. The minimum Gasteiger partial charge on any atom is -0.355 e. The SMILES string of the molecule is C[C@@H](NC(=O)C1CCN(c2ccc3nnc(C(F)(F)F)n3n2)CC1)c1ccc(-n2cncn2)cc1. The molecule has 0 unspecified atom stereocenters. The number of rotatable bonds is 5. The second-order valence-corrected chi connectivity index (χ2v) is 8.41. The van der Waals surface area contributed by atoms with Gasteiger partial charge in [-0.1, -0.05) is 12.1 Å². The fourth-order valence-corrected chi connectivity index (χ4v) is 4.17. The molecule has 1 N–H and O–H groups in total. The largest absolute Gasteiger partial charge is 0.453 e. The van der Waals surface area contributed by atoms with Crippen molar-refractivity contribution >= 4 is 17.4 Å². The van der Waals surface area contributed by atoms with E-state index >= 15 is 0 Å². The average molecular weight is 485 g/mol. The first-order valence-corrected chi connectivity index (χ1v) is 11.1. The van der Waals surface area contributed by atoms with Crippen molar-refractivity contribution < 1.29 is 18.0 Å². The van der Waals surface area contributed by atoms with Gasteiger partial charge >= 0.3 is 6.18 Å². The summed E-state index contributed by atoms with van der Waals surface area (Å²) < 4.78 is 41.8. The fourth-order valence-electron chi connectivity index (χ4n) is 4.17. The molecule has 0 radical (unpaired) electrons.